The Morgan fingerprint density at radius 2 is 0.615 bits per heavy atom. The van der Waals surface area contributed by atoms with Gasteiger partial charge in [0.15, 0.2) is 6.10 Å². The lowest BCUT2D eigenvalue weighted by Gasteiger charge is -2.18. The van der Waals surface area contributed by atoms with Crippen molar-refractivity contribution in [2.75, 3.05) is 13.2 Å². The van der Waals surface area contributed by atoms with Crippen molar-refractivity contribution in [3.8, 4) is 0 Å². The van der Waals surface area contributed by atoms with Gasteiger partial charge in [0, 0.05) is 19.3 Å². The van der Waals surface area contributed by atoms with Crippen molar-refractivity contribution in [1.29, 1.82) is 0 Å². The lowest BCUT2D eigenvalue weighted by Crippen LogP contribution is -2.30. The quantitative estimate of drug-likeness (QED) is 0.0262. The molecule has 0 spiro atoms. The molecule has 0 aliphatic rings. The molecule has 0 aliphatic carbocycles. The minimum absolute atomic E-state index is 0.0841. The van der Waals surface area contributed by atoms with Gasteiger partial charge >= 0.3 is 17.9 Å². The third-order valence-electron chi connectivity index (χ3n) is 11.7. The van der Waals surface area contributed by atoms with Crippen LogP contribution in [0.15, 0.2) is 72.9 Å². The van der Waals surface area contributed by atoms with Gasteiger partial charge in [-0.05, 0) is 103 Å². The van der Waals surface area contributed by atoms with Crippen molar-refractivity contribution in [3.05, 3.63) is 72.9 Å². The zero-order valence-corrected chi connectivity index (χ0v) is 42.7. The minimum atomic E-state index is -0.785. The molecule has 0 aromatic carbocycles. The van der Waals surface area contributed by atoms with Gasteiger partial charge in [0.25, 0.3) is 0 Å². The summed E-state index contributed by atoms with van der Waals surface area (Å²) in [4.78, 5) is 38.0. The number of carbonyl (C=O) groups excluding carboxylic acids is 3. The smallest absolute Gasteiger partial charge is 0.306 e. The van der Waals surface area contributed by atoms with Crippen LogP contribution in [0.5, 0.6) is 0 Å². The van der Waals surface area contributed by atoms with E-state index in [0.29, 0.717) is 19.3 Å². The molecule has 1 atom stereocenters. The molecular formula is C59H102O6. The first-order chi connectivity index (χ1) is 32.0. The lowest BCUT2D eigenvalue weighted by atomic mass is 10.1. The van der Waals surface area contributed by atoms with Crippen LogP contribution in [0.4, 0.5) is 0 Å². The summed E-state index contributed by atoms with van der Waals surface area (Å²) in [5, 5.41) is 0. The van der Waals surface area contributed by atoms with Gasteiger partial charge in [-0.2, -0.15) is 0 Å². The zero-order valence-electron chi connectivity index (χ0n) is 42.7. The van der Waals surface area contributed by atoms with Crippen molar-refractivity contribution in [3.63, 3.8) is 0 Å². The van der Waals surface area contributed by atoms with Crippen molar-refractivity contribution in [2.24, 2.45) is 0 Å². The van der Waals surface area contributed by atoms with Crippen molar-refractivity contribution in [1.82, 2.24) is 0 Å². The van der Waals surface area contributed by atoms with Crippen LogP contribution >= 0.6 is 0 Å². The van der Waals surface area contributed by atoms with E-state index in [0.717, 1.165) is 96.3 Å². The number of carbonyl (C=O) groups is 3. The van der Waals surface area contributed by atoms with Crippen LogP contribution in [0.3, 0.4) is 0 Å². The van der Waals surface area contributed by atoms with Gasteiger partial charge in [-0.25, -0.2) is 0 Å². The SMILES string of the molecule is CC/C=C\C/C=C\C/C=C\CCCCCCCCCC(=O)OC(COC(=O)CCCCCCC/C=C\CCCC)COC(=O)CCCCCCCCCCC/C=C\C/C=C\CCCCC. The highest BCUT2D eigenvalue weighted by molar-refractivity contribution is 5.71. The molecule has 0 bridgehead atoms. The van der Waals surface area contributed by atoms with Crippen molar-refractivity contribution >= 4 is 17.9 Å². The number of hydrogen-bond acceptors (Lipinski definition) is 6. The molecule has 0 heterocycles. The lowest BCUT2D eigenvalue weighted by molar-refractivity contribution is -0.167. The molecule has 0 radical (unpaired) electrons. The molecule has 374 valence electrons. The second-order valence-electron chi connectivity index (χ2n) is 18.1. The predicted molar refractivity (Wildman–Crippen MR) is 279 cm³/mol. The largest absolute Gasteiger partial charge is 0.462 e. The molecule has 0 saturated heterocycles. The van der Waals surface area contributed by atoms with Crippen LogP contribution in [-0.2, 0) is 28.6 Å². The Morgan fingerprint density at radius 1 is 0.323 bits per heavy atom. The summed E-state index contributed by atoms with van der Waals surface area (Å²) in [5.41, 5.74) is 0. The molecular weight excluding hydrogens is 805 g/mol. The number of unbranched alkanes of at least 4 members (excludes halogenated alkanes) is 26. The third-order valence-corrected chi connectivity index (χ3v) is 11.7. The molecule has 0 rings (SSSR count). The molecule has 0 N–H and O–H groups in total. The van der Waals surface area contributed by atoms with Gasteiger partial charge in [-0.15, -0.1) is 0 Å². The van der Waals surface area contributed by atoms with E-state index in [1.54, 1.807) is 0 Å². The number of ether oxygens (including phenoxy) is 3. The maximum absolute atomic E-state index is 12.8. The van der Waals surface area contributed by atoms with Crippen molar-refractivity contribution < 1.29 is 28.6 Å². The molecule has 0 saturated carbocycles. The van der Waals surface area contributed by atoms with Gasteiger partial charge < -0.3 is 14.2 Å². The van der Waals surface area contributed by atoms with Gasteiger partial charge in [-0.3, -0.25) is 14.4 Å². The highest BCUT2D eigenvalue weighted by Gasteiger charge is 2.19. The van der Waals surface area contributed by atoms with Crippen LogP contribution < -0.4 is 0 Å². The zero-order chi connectivity index (χ0) is 47.2. The first kappa shape index (κ1) is 61.9. The second kappa shape index (κ2) is 53.5. The van der Waals surface area contributed by atoms with E-state index in [1.807, 2.05) is 0 Å². The maximum atomic E-state index is 12.8. The van der Waals surface area contributed by atoms with E-state index >= 15 is 0 Å². The Bertz CT molecular complexity index is 1230. The Labute approximate surface area is 402 Å². The highest BCUT2D eigenvalue weighted by atomic mass is 16.6. The fourth-order valence-corrected chi connectivity index (χ4v) is 7.53. The van der Waals surface area contributed by atoms with Crippen LogP contribution in [0, 0.1) is 0 Å². The van der Waals surface area contributed by atoms with E-state index in [4.69, 9.17) is 14.2 Å². The highest BCUT2D eigenvalue weighted by Crippen LogP contribution is 2.15. The molecule has 65 heavy (non-hydrogen) atoms. The predicted octanol–water partition coefficient (Wildman–Crippen LogP) is 18.2. The number of hydrogen-bond donors (Lipinski definition) is 0. The van der Waals surface area contributed by atoms with E-state index < -0.39 is 6.10 Å². The Hall–Kier alpha value is -3.15. The summed E-state index contributed by atoms with van der Waals surface area (Å²) in [6.07, 6.45) is 67.4. The summed E-state index contributed by atoms with van der Waals surface area (Å²) >= 11 is 0. The summed E-state index contributed by atoms with van der Waals surface area (Å²) in [6.45, 7) is 6.46. The van der Waals surface area contributed by atoms with Crippen molar-refractivity contribution in [2.45, 2.75) is 271 Å². The Morgan fingerprint density at radius 3 is 1.00 bits per heavy atom. The standard InChI is InChI=1S/C59H102O6/c1-4-7-10-13-16-19-22-24-26-28-29-31-32-34-37-40-43-46-49-52-58(61)64-55-56(54-63-57(60)51-48-45-42-39-36-21-18-15-12-9-6-3)65-59(62)53-50-47-44-41-38-35-33-30-27-25-23-20-17-14-11-8-5-2/h8,11,15-20,24-27,56H,4-7,9-10,12-14,21-23,28-55H2,1-3H3/b11-8-,18-15-,19-16-,20-17-,26-24-,27-25-. The average Bonchev–Trinajstić information content (AvgIpc) is 3.30. The van der Waals surface area contributed by atoms with Crippen LogP contribution in [-0.4, -0.2) is 37.2 Å². The Kier molecular flexibility index (Phi) is 50.9. The summed E-state index contributed by atoms with van der Waals surface area (Å²) in [5.74, 6) is -0.903. The van der Waals surface area contributed by atoms with E-state index in [2.05, 4.69) is 93.7 Å². The van der Waals surface area contributed by atoms with Crippen LogP contribution in [0.25, 0.3) is 0 Å². The van der Waals surface area contributed by atoms with Crippen LogP contribution in [0.2, 0.25) is 0 Å². The third kappa shape index (κ3) is 51.7. The maximum Gasteiger partial charge on any atom is 0.306 e. The van der Waals surface area contributed by atoms with Gasteiger partial charge in [0.1, 0.15) is 13.2 Å². The minimum Gasteiger partial charge on any atom is -0.462 e. The molecule has 0 aromatic rings. The molecule has 0 fully saturated rings. The monoisotopic (exact) mass is 907 g/mol. The number of rotatable bonds is 49. The Balaban J connectivity index is 4.36. The molecule has 6 nitrogen and oxygen atoms in total. The number of allylic oxidation sites excluding steroid dienone is 12. The molecule has 0 aliphatic heterocycles. The van der Waals surface area contributed by atoms with Gasteiger partial charge in [0.05, 0.1) is 0 Å². The fraction of sp³-hybridized carbons (Fsp3) is 0.746. The van der Waals surface area contributed by atoms with E-state index in [9.17, 15) is 14.4 Å². The number of esters is 3. The topological polar surface area (TPSA) is 78.9 Å². The normalized spacial score (nSPS) is 12.6. The van der Waals surface area contributed by atoms with Gasteiger partial charge in [-0.1, -0.05) is 216 Å². The molecule has 0 amide bonds. The first-order valence-corrected chi connectivity index (χ1v) is 27.4. The molecule has 6 heteroatoms. The summed E-state index contributed by atoms with van der Waals surface area (Å²) < 4.78 is 16.8. The first-order valence-electron chi connectivity index (χ1n) is 27.4. The van der Waals surface area contributed by atoms with Gasteiger partial charge in [0.2, 0.25) is 0 Å². The second-order valence-corrected chi connectivity index (χ2v) is 18.1. The summed E-state index contributed by atoms with van der Waals surface area (Å²) in [6, 6.07) is 0. The van der Waals surface area contributed by atoms with Crippen LogP contribution in [0.1, 0.15) is 265 Å². The summed E-state index contributed by atoms with van der Waals surface area (Å²) in [7, 11) is 0. The van der Waals surface area contributed by atoms with E-state index in [-0.39, 0.29) is 31.1 Å². The van der Waals surface area contributed by atoms with E-state index in [1.165, 1.54) is 128 Å². The molecule has 0 aromatic heterocycles. The molecule has 1 unspecified atom stereocenters. The fourth-order valence-electron chi connectivity index (χ4n) is 7.53. The average molecular weight is 907 g/mol.